The van der Waals surface area contributed by atoms with E-state index in [1.54, 1.807) is 11.8 Å². The van der Waals surface area contributed by atoms with E-state index < -0.39 is 23.6 Å². The van der Waals surface area contributed by atoms with Crippen molar-refractivity contribution in [1.82, 2.24) is 10.2 Å². The zero-order valence-corrected chi connectivity index (χ0v) is 20.6. The minimum atomic E-state index is -1.10. The first kappa shape index (κ1) is 23.7. The van der Waals surface area contributed by atoms with Gasteiger partial charge >= 0.3 is 12.1 Å². The van der Waals surface area contributed by atoms with Crippen LogP contribution >= 0.6 is 11.8 Å². The Labute approximate surface area is 209 Å². The summed E-state index contributed by atoms with van der Waals surface area (Å²) in [6.07, 6.45) is 3.80. The van der Waals surface area contributed by atoms with Crippen LogP contribution in [0.5, 0.6) is 0 Å². The van der Waals surface area contributed by atoms with Crippen molar-refractivity contribution in [1.29, 1.82) is 0 Å². The molecule has 184 valence electrons. The number of carbonyl (C=O) groups is 3. The lowest BCUT2D eigenvalue weighted by atomic mass is 9.98. The molecule has 2 aromatic carbocycles. The highest BCUT2D eigenvalue weighted by molar-refractivity contribution is 7.98. The lowest BCUT2D eigenvalue weighted by molar-refractivity contribution is -0.155. The number of hydrogen-bond acceptors (Lipinski definition) is 5. The maximum atomic E-state index is 13.5. The molecule has 2 aliphatic carbocycles. The van der Waals surface area contributed by atoms with Crippen LogP contribution in [0.1, 0.15) is 42.7 Å². The highest BCUT2D eigenvalue weighted by Crippen LogP contribution is 2.54. The normalized spacial score (nSPS) is 23.0. The topological polar surface area (TPSA) is 95.9 Å². The van der Waals surface area contributed by atoms with E-state index >= 15 is 0 Å². The number of likely N-dealkylation sites (tertiary alicyclic amines) is 1. The van der Waals surface area contributed by atoms with Gasteiger partial charge in [0.05, 0.1) is 0 Å². The molecule has 35 heavy (non-hydrogen) atoms. The number of alkyl carbamates (subject to hydrolysis) is 1. The summed E-state index contributed by atoms with van der Waals surface area (Å²) in [5.41, 5.74) is 3.43. The van der Waals surface area contributed by atoms with Crippen LogP contribution in [0.25, 0.3) is 11.1 Å². The lowest BCUT2D eigenvalue weighted by Crippen LogP contribution is -2.57. The number of aliphatic carboxylic acids is 1. The largest absolute Gasteiger partial charge is 0.479 e. The third kappa shape index (κ3) is 4.18. The summed E-state index contributed by atoms with van der Waals surface area (Å²) in [6, 6.07) is 15.4. The van der Waals surface area contributed by atoms with Gasteiger partial charge in [-0.1, -0.05) is 48.5 Å². The SMILES string of the molecule is CSCC[C@@H](NC(=O)OCC1c2ccccc2-c2ccccc21)C(=O)N1CCCC2CC21C(=O)O. The Bertz CT molecular complexity index is 1110. The standard InChI is InChI=1S/C27H30N2O5S/c1-35-14-12-23(24(30)29-13-6-7-17-15-27(17,29)25(31)32)28-26(33)34-16-22-20-10-4-2-8-18(20)19-9-3-5-11-21(19)22/h2-5,8-11,17,22-23H,6-7,12-16H2,1H3,(H,28,33)(H,31,32)/t17?,23-,27?/m1/s1. The van der Waals surface area contributed by atoms with Crippen molar-refractivity contribution in [2.24, 2.45) is 5.92 Å². The molecule has 2 aromatic rings. The monoisotopic (exact) mass is 494 g/mol. The van der Waals surface area contributed by atoms with Crippen molar-refractivity contribution in [3.05, 3.63) is 59.7 Å². The maximum Gasteiger partial charge on any atom is 0.407 e. The predicted molar refractivity (Wildman–Crippen MR) is 134 cm³/mol. The van der Waals surface area contributed by atoms with E-state index in [1.165, 1.54) is 4.90 Å². The predicted octanol–water partition coefficient (Wildman–Crippen LogP) is 4.11. The fourth-order valence-corrected chi connectivity index (χ4v) is 6.30. The van der Waals surface area contributed by atoms with Crippen LogP contribution in [0.4, 0.5) is 4.79 Å². The van der Waals surface area contributed by atoms with Gasteiger partial charge in [-0.2, -0.15) is 11.8 Å². The Morgan fingerprint density at radius 2 is 1.80 bits per heavy atom. The molecule has 1 heterocycles. The molecule has 0 bridgehead atoms. The molecule has 1 saturated carbocycles. The second kappa shape index (κ2) is 9.57. The molecule has 2 amide bonds. The minimum absolute atomic E-state index is 0.00774. The first-order valence-corrected chi connectivity index (χ1v) is 13.5. The summed E-state index contributed by atoms with van der Waals surface area (Å²) < 4.78 is 5.65. The summed E-state index contributed by atoms with van der Waals surface area (Å²) >= 11 is 1.58. The van der Waals surface area contributed by atoms with Gasteiger partial charge in [0.25, 0.3) is 0 Å². The number of carboxylic acids is 1. The number of ether oxygens (including phenoxy) is 1. The molecule has 1 aliphatic heterocycles. The Kier molecular flexibility index (Phi) is 6.49. The third-order valence-corrected chi connectivity index (χ3v) is 8.31. The van der Waals surface area contributed by atoms with E-state index in [1.807, 2.05) is 30.5 Å². The summed E-state index contributed by atoms with van der Waals surface area (Å²) in [5, 5.41) is 12.6. The van der Waals surface area contributed by atoms with Gasteiger partial charge in [0.2, 0.25) is 5.91 Å². The van der Waals surface area contributed by atoms with Crippen molar-refractivity contribution >= 4 is 29.7 Å². The summed E-state index contributed by atoms with van der Waals surface area (Å²) in [6.45, 7) is 0.567. The highest BCUT2D eigenvalue weighted by atomic mass is 32.2. The second-order valence-electron chi connectivity index (χ2n) is 9.57. The first-order valence-electron chi connectivity index (χ1n) is 12.1. The molecule has 2 unspecified atom stereocenters. The molecule has 2 fully saturated rings. The molecule has 2 N–H and O–H groups in total. The Hall–Kier alpha value is -3.00. The number of benzene rings is 2. The number of thioether (sulfide) groups is 1. The van der Waals surface area contributed by atoms with Gasteiger partial charge in [-0.05, 0) is 65.9 Å². The molecule has 0 radical (unpaired) electrons. The van der Waals surface area contributed by atoms with Gasteiger partial charge in [0.15, 0.2) is 0 Å². The molecular formula is C27H30N2O5S. The molecule has 0 aromatic heterocycles. The van der Waals surface area contributed by atoms with E-state index in [2.05, 4.69) is 29.6 Å². The molecular weight excluding hydrogens is 464 g/mol. The maximum absolute atomic E-state index is 13.5. The van der Waals surface area contributed by atoms with E-state index in [0.717, 1.165) is 35.1 Å². The van der Waals surface area contributed by atoms with Crippen molar-refractivity contribution < 1.29 is 24.2 Å². The van der Waals surface area contributed by atoms with Gasteiger partial charge in [0.1, 0.15) is 18.2 Å². The van der Waals surface area contributed by atoms with Crippen LogP contribution < -0.4 is 5.32 Å². The van der Waals surface area contributed by atoms with Gasteiger partial charge in [-0.15, -0.1) is 0 Å². The van der Waals surface area contributed by atoms with Crippen molar-refractivity contribution in [2.45, 2.75) is 43.2 Å². The fraction of sp³-hybridized carbons (Fsp3) is 0.444. The quantitative estimate of drug-likeness (QED) is 0.573. The number of rotatable bonds is 8. The lowest BCUT2D eigenvalue weighted by Gasteiger charge is -2.36. The molecule has 3 atom stereocenters. The van der Waals surface area contributed by atoms with Crippen LogP contribution in [0.3, 0.4) is 0 Å². The average molecular weight is 495 g/mol. The minimum Gasteiger partial charge on any atom is -0.479 e. The van der Waals surface area contributed by atoms with Crippen LogP contribution in [0, 0.1) is 5.92 Å². The molecule has 1 saturated heterocycles. The number of nitrogens with zero attached hydrogens (tertiary/aromatic N) is 1. The number of carboxylic acid groups (broad SMARTS) is 1. The van der Waals surface area contributed by atoms with Crippen LogP contribution in [-0.2, 0) is 14.3 Å². The van der Waals surface area contributed by atoms with E-state index in [-0.39, 0.29) is 24.3 Å². The Balaban J connectivity index is 1.28. The van der Waals surface area contributed by atoms with Gasteiger partial charge in [0, 0.05) is 12.5 Å². The number of piperidine rings is 1. The first-order chi connectivity index (χ1) is 17.0. The van der Waals surface area contributed by atoms with Crippen molar-refractivity contribution in [3.63, 3.8) is 0 Å². The fourth-order valence-electron chi connectivity index (χ4n) is 5.83. The number of fused-ring (bicyclic) bond motifs is 4. The van der Waals surface area contributed by atoms with E-state index in [4.69, 9.17) is 4.74 Å². The average Bonchev–Trinajstić information content (AvgIpc) is 3.56. The highest BCUT2D eigenvalue weighted by Gasteiger charge is 2.67. The van der Waals surface area contributed by atoms with Gasteiger partial charge in [-0.25, -0.2) is 9.59 Å². The molecule has 3 aliphatic rings. The van der Waals surface area contributed by atoms with Crippen LogP contribution in [-0.4, -0.2) is 64.7 Å². The molecule has 0 spiro atoms. The Morgan fingerprint density at radius 1 is 1.14 bits per heavy atom. The number of amides is 2. The van der Waals surface area contributed by atoms with Gasteiger partial charge < -0.3 is 20.1 Å². The molecule has 5 rings (SSSR count). The van der Waals surface area contributed by atoms with Crippen molar-refractivity contribution in [3.8, 4) is 11.1 Å². The smallest absolute Gasteiger partial charge is 0.407 e. The second-order valence-corrected chi connectivity index (χ2v) is 10.6. The zero-order chi connectivity index (χ0) is 24.6. The summed E-state index contributed by atoms with van der Waals surface area (Å²) in [7, 11) is 0. The van der Waals surface area contributed by atoms with E-state index in [0.29, 0.717) is 25.1 Å². The summed E-state index contributed by atoms with van der Waals surface area (Å²) in [4.78, 5) is 39.9. The summed E-state index contributed by atoms with van der Waals surface area (Å²) in [5.74, 6) is -0.666. The van der Waals surface area contributed by atoms with Crippen LogP contribution in [0.15, 0.2) is 48.5 Å². The number of hydrogen-bond donors (Lipinski definition) is 2. The zero-order valence-electron chi connectivity index (χ0n) is 19.7. The molecule has 7 nitrogen and oxygen atoms in total. The van der Waals surface area contributed by atoms with Crippen molar-refractivity contribution in [2.75, 3.05) is 25.2 Å². The van der Waals surface area contributed by atoms with Gasteiger partial charge in [-0.3, -0.25) is 4.79 Å². The Morgan fingerprint density at radius 3 is 2.43 bits per heavy atom. The van der Waals surface area contributed by atoms with Crippen LogP contribution in [0.2, 0.25) is 0 Å². The molecule has 8 heteroatoms. The third-order valence-electron chi connectivity index (χ3n) is 7.67. The van der Waals surface area contributed by atoms with E-state index in [9.17, 15) is 19.5 Å². The number of nitrogens with one attached hydrogen (secondary N) is 1. The number of carbonyl (C=O) groups excluding carboxylic acids is 2.